The van der Waals surface area contributed by atoms with Crippen molar-refractivity contribution in [1.82, 2.24) is 20.2 Å². The van der Waals surface area contributed by atoms with E-state index in [-0.39, 0.29) is 17.9 Å². The molecule has 2 amide bonds. The van der Waals surface area contributed by atoms with Crippen LogP contribution in [0.25, 0.3) is 17.1 Å². The second kappa shape index (κ2) is 12.1. The van der Waals surface area contributed by atoms with Crippen LogP contribution in [0.3, 0.4) is 0 Å². The van der Waals surface area contributed by atoms with Crippen LogP contribution >= 0.6 is 11.6 Å². The minimum Gasteiger partial charge on any atom is -0.360 e. The third kappa shape index (κ3) is 6.63. The van der Waals surface area contributed by atoms with E-state index < -0.39 is 0 Å². The van der Waals surface area contributed by atoms with Gasteiger partial charge in [-0.05, 0) is 98.9 Å². The predicted octanol–water partition coefficient (Wildman–Crippen LogP) is 5.74. The summed E-state index contributed by atoms with van der Waals surface area (Å²) in [6.45, 7) is 4.82. The third-order valence-electron chi connectivity index (χ3n) is 7.91. The zero-order valence-electron chi connectivity index (χ0n) is 21.9. The summed E-state index contributed by atoms with van der Waals surface area (Å²) in [6.07, 6.45) is 12.0. The molecule has 2 aliphatic rings. The number of pyridine rings is 1. The molecule has 8 heteroatoms. The van der Waals surface area contributed by atoms with Crippen LogP contribution in [-0.2, 0) is 9.59 Å². The highest BCUT2D eigenvalue weighted by Gasteiger charge is 2.27. The zero-order valence-corrected chi connectivity index (χ0v) is 22.6. The van der Waals surface area contributed by atoms with E-state index in [1.807, 2.05) is 36.4 Å². The standard InChI is InChI=1S/C30H36ClN5O2/c1-20(37)33-28-12-11-27-30(35-28)25(18-32-27)22-14-16-36(17-15-22)19-21-6-9-24(10-7-21)34-29(38)13-8-23-4-2-3-5-26(23)31/h2-5,8,11-13,18,21-22,24,32H,6-7,9-10,14-17,19H2,1H3,(H,34,38)(H,33,35,37)/b13-8+. The van der Waals surface area contributed by atoms with Gasteiger partial charge in [0.2, 0.25) is 11.8 Å². The molecule has 38 heavy (non-hydrogen) atoms. The van der Waals surface area contributed by atoms with Crippen LogP contribution in [0.5, 0.6) is 0 Å². The van der Waals surface area contributed by atoms with Gasteiger partial charge in [0.15, 0.2) is 0 Å². The highest BCUT2D eigenvalue weighted by atomic mass is 35.5. The van der Waals surface area contributed by atoms with Crippen LogP contribution in [0.1, 0.15) is 62.5 Å². The first-order chi connectivity index (χ1) is 18.4. The topological polar surface area (TPSA) is 90.1 Å². The van der Waals surface area contributed by atoms with Gasteiger partial charge in [-0.3, -0.25) is 9.59 Å². The molecule has 0 radical (unpaired) electrons. The van der Waals surface area contributed by atoms with E-state index in [0.29, 0.717) is 22.7 Å². The molecule has 0 spiro atoms. The molecule has 1 aliphatic carbocycles. The zero-order chi connectivity index (χ0) is 26.5. The number of carbonyl (C=O) groups is 2. The Morgan fingerprint density at radius 2 is 1.84 bits per heavy atom. The van der Waals surface area contributed by atoms with Crippen molar-refractivity contribution in [3.05, 3.63) is 64.8 Å². The van der Waals surface area contributed by atoms with Crippen molar-refractivity contribution in [2.75, 3.05) is 25.0 Å². The van der Waals surface area contributed by atoms with E-state index in [2.05, 4.69) is 26.7 Å². The van der Waals surface area contributed by atoms with Gasteiger partial charge in [-0.1, -0.05) is 29.8 Å². The van der Waals surface area contributed by atoms with Gasteiger partial charge >= 0.3 is 0 Å². The Balaban J connectivity index is 1.06. The van der Waals surface area contributed by atoms with Crippen LogP contribution in [0.15, 0.2) is 48.7 Å². The molecule has 1 aromatic carbocycles. The molecule has 0 bridgehead atoms. The van der Waals surface area contributed by atoms with Crippen molar-refractivity contribution in [3.63, 3.8) is 0 Å². The number of rotatable bonds is 7. The number of carbonyl (C=O) groups excluding carboxylic acids is 2. The first-order valence-electron chi connectivity index (χ1n) is 13.7. The monoisotopic (exact) mass is 533 g/mol. The maximum absolute atomic E-state index is 12.4. The number of halogens is 1. The van der Waals surface area contributed by atoms with Gasteiger partial charge in [-0.2, -0.15) is 0 Å². The van der Waals surface area contributed by atoms with Crippen LogP contribution in [0, 0.1) is 5.92 Å². The Labute approximate surface area is 229 Å². The number of benzene rings is 1. The summed E-state index contributed by atoms with van der Waals surface area (Å²) >= 11 is 6.17. The van der Waals surface area contributed by atoms with Gasteiger partial charge in [0.1, 0.15) is 5.82 Å². The molecule has 1 saturated carbocycles. The summed E-state index contributed by atoms with van der Waals surface area (Å²) in [5.74, 6) is 1.61. The number of anilines is 1. The van der Waals surface area contributed by atoms with Crippen LogP contribution < -0.4 is 10.6 Å². The number of hydrogen-bond donors (Lipinski definition) is 3. The molecule has 7 nitrogen and oxygen atoms in total. The molecule has 2 aromatic heterocycles. The fourth-order valence-corrected chi connectivity index (χ4v) is 6.09. The molecule has 5 rings (SSSR count). The number of hydrogen-bond acceptors (Lipinski definition) is 4. The van der Waals surface area contributed by atoms with Gasteiger partial charge in [0.25, 0.3) is 0 Å². The number of fused-ring (bicyclic) bond motifs is 1. The summed E-state index contributed by atoms with van der Waals surface area (Å²) in [5.41, 5.74) is 4.09. The Morgan fingerprint density at radius 1 is 1.08 bits per heavy atom. The molecule has 2 fully saturated rings. The van der Waals surface area contributed by atoms with E-state index >= 15 is 0 Å². The summed E-state index contributed by atoms with van der Waals surface area (Å²) in [4.78, 5) is 34.5. The molecular formula is C30H36ClN5O2. The number of amides is 2. The molecule has 1 saturated heterocycles. The van der Waals surface area contributed by atoms with Crippen molar-refractivity contribution in [2.24, 2.45) is 5.92 Å². The first kappa shape index (κ1) is 26.4. The van der Waals surface area contributed by atoms with Crippen LogP contribution in [-0.4, -0.2) is 52.4 Å². The summed E-state index contributed by atoms with van der Waals surface area (Å²) in [5, 5.41) is 6.61. The quantitative estimate of drug-likeness (QED) is 0.338. The Hall–Kier alpha value is -3.16. The first-order valence-corrected chi connectivity index (χ1v) is 14.0. The number of aromatic nitrogens is 2. The highest BCUT2D eigenvalue weighted by molar-refractivity contribution is 6.32. The highest BCUT2D eigenvalue weighted by Crippen LogP contribution is 2.34. The van der Waals surface area contributed by atoms with E-state index in [1.54, 1.807) is 12.2 Å². The minimum atomic E-state index is -0.107. The fourth-order valence-electron chi connectivity index (χ4n) is 5.89. The molecule has 1 aliphatic heterocycles. The lowest BCUT2D eigenvalue weighted by Gasteiger charge is -2.36. The Bertz CT molecular complexity index is 1300. The lowest BCUT2D eigenvalue weighted by atomic mass is 9.84. The SMILES string of the molecule is CC(=O)Nc1ccc2[nH]cc(C3CCN(CC4CCC(NC(=O)/C=C/c5ccccc5Cl)CC4)CC3)c2n1. The van der Waals surface area contributed by atoms with E-state index in [0.717, 1.165) is 74.8 Å². The molecule has 0 atom stereocenters. The fraction of sp³-hybridized carbons (Fsp3) is 0.433. The minimum absolute atomic E-state index is 0.0496. The number of H-pyrrole nitrogens is 1. The second-order valence-corrected chi connectivity index (χ2v) is 11.1. The third-order valence-corrected chi connectivity index (χ3v) is 8.26. The van der Waals surface area contributed by atoms with Crippen molar-refractivity contribution in [1.29, 1.82) is 0 Å². The maximum atomic E-state index is 12.4. The number of aromatic amines is 1. The largest absolute Gasteiger partial charge is 0.360 e. The molecule has 0 unspecified atom stereocenters. The Kier molecular flexibility index (Phi) is 8.45. The number of nitrogens with one attached hydrogen (secondary N) is 3. The predicted molar refractivity (Wildman–Crippen MR) is 153 cm³/mol. The van der Waals surface area contributed by atoms with E-state index in [4.69, 9.17) is 16.6 Å². The van der Waals surface area contributed by atoms with E-state index in [1.165, 1.54) is 12.5 Å². The van der Waals surface area contributed by atoms with Gasteiger partial charge in [0.05, 0.1) is 11.0 Å². The van der Waals surface area contributed by atoms with Crippen LogP contribution in [0.4, 0.5) is 5.82 Å². The lowest BCUT2D eigenvalue weighted by molar-refractivity contribution is -0.117. The van der Waals surface area contributed by atoms with Crippen molar-refractivity contribution in [3.8, 4) is 0 Å². The maximum Gasteiger partial charge on any atom is 0.244 e. The van der Waals surface area contributed by atoms with Crippen molar-refractivity contribution >= 4 is 46.3 Å². The van der Waals surface area contributed by atoms with Crippen molar-refractivity contribution < 1.29 is 9.59 Å². The normalized spacial score (nSPS) is 21.1. The van der Waals surface area contributed by atoms with Gasteiger partial charge in [-0.25, -0.2) is 4.98 Å². The van der Waals surface area contributed by atoms with Gasteiger partial charge < -0.3 is 20.5 Å². The molecule has 3 heterocycles. The number of likely N-dealkylation sites (tertiary alicyclic amines) is 1. The number of piperidine rings is 1. The van der Waals surface area contributed by atoms with Crippen molar-refractivity contribution in [2.45, 2.75) is 57.4 Å². The molecule has 3 N–H and O–H groups in total. The lowest BCUT2D eigenvalue weighted by Crippen LogP contribution is -2.41. The average Bonchev–Trinajstić information content (AvgIpc) is 3.33. The smallest absolute Gasteiger partial charge is 0.244 e. The summed E-state index contributed by atoms with van der Waals surface area (Å²) in [6, 6.07) is 11.6. The van der Waals surface area contributed by atoms with Crippen LogP contribution in [0.2, 0.25) is 5.02 Å². The number of nitrogens with zero attached hydrogens (tertiary/aromatic N) is 2. The average molecular weight is 534 g/mol. The Morgan fingerprint density at radius 3 is 2.58 bits per heavy atom. The second-order valence-electron chi connectivity index (χ2n) is 10.7. The molecule has 3 aromatic rings. The van der Waals surface area contributed by atoms with Gasteiger partial charge in [0, 0.05) is 36.8 Å². The van der Waals surface area contributed by atoms with Gasteiger partial charge in [-0.15, -0.1) is 0 Å². The summed E-state index contributed by atoms with van der Waals surface area (Å²) < 4.78 is 0. The summed E-state index contributed by atoms with van der Waals surface area (Å²) in [7, 11) is 0. The molecule has 200 valence electrons. The van der Waals surface area contributed by atoms with E-state index in [9.17, 15) is 9.59 Å². The molecular weight excluding hydrogens is 498 g/mol.